The molecule has 1 aliphatic rings. The van der Waals surface area contributed by atoms with Gasteiger partial charge in [0.2, 0.25) is 5.95 Å². The number of hydrogen-bond acceptors (Lipinski definition) is 5. The Morgan fingerprint density at radius 3 is 2.70 bits per heavy atom. The number of hydrogen-bond donors (Lipinski definition) is 2. The summed E-state index contributed by atoms with van der Waals surface area (Å²) in [6.45, 7) is 0. The Balaban J connectivity index is 1.80. The van der Waals surface area contributed by atoms with E-state index >= 15 is 0 Å². The molecular weight excluding hydrogens is 412 g/mol. The smallest absolute Gasteiger partial charge is 0.352 e. The van der Waals surface area contributed by atoms with E-state index < -0.39 is 12.0 Å². The number of carboxylic acids is 1. The maximum atomic E-state index is 11.5. The molecule has 1 aliphatic heterocycles. The van der Waals surface area contributed by atoms with Crippen LogP contribution in [0.1, 0.15) is 11.6 Å². The molecule has 0 bridgehead atoms. The minimum absolute atomic E-state index is 0.0662. The van der Waals surface area contributed by atoms with Gasteiger partial charge in [0.05, 0.1) is 7.11 Å². The van der Waals surface area contributed by atoms with E-state index in [9.17, 15) is 9.90 Å². The van der Waals surface area contributed by atoms with Crippen molar-refractivity contribution in [2.24, 2.45) is 0 Å². The molecule has 0 amide bonds. The molecule has 7 nitrogen and oxygen atoms in total. The van der Waals surface area contributed by atoms with Crippen LogP contribution >= 0.6 is 15.9 Å². The van der Waals surface area contributed by atoms with Crippen LogP contribution in [0.2, 0.25) is 0 Å². The third-order valence-corrected chi connectivity index (χ3v) is 4.73. The summed E-state index contributed by atoms with van der Waals surface area (Å²) in [5, 5.41) is 16.9. The van der Waals surface area contributed by atoms with Crippen LogP contribution < -0.4 is 10.1 Å². The molecule has 2 aromatic carbocycles. The van der Waals surface area contributed by atoms with Gasteiger partial charge in [0.15, 0.2) is 5.82 Å². The standard InChI is InChI=1S/C19H15BrN4O3/c1-27-14-7-5-11(6-8-14)16-10-15(18(25)26)21-19-22-17(23-24(16)19)12-3-2-4-13(20)9-12/h2-10,16H,1H3,(H,25,26)(H,21,22,23). The lowest BCUT2D eigenvalue weighted by atomic mass is 10.0. The van der Waals surface area contributed by atoms with Gasteiger partial charge in [-0.05, 0) is 35.9 Å². The highest BCUT2D eigenvalue weighted by Crippen LogP contribution is 2.32. The van der Waals surface area contributed by atoms with Crippen molar-refractivity contribution in [2.75, 3.05) is 12.4 Å². The molecule has 0 spiro atoms. The lowest BCUT2D eigenvalue weighted by Crippen LogP contribution is -2.24. The van der Waals surface area contributed by atoms with Gasteiger partial charge < -0.3 is 15.2 Å². The Kier molecular flexibility index (Phi) is 4.41. The van der Waals surface area contributed by atoms with E-state index in [0.717, 1.165) is 21.3 Å². The van der Waals surface area contributed by atoms with Gasteiger partial charge in [-0.3, -0.25) is 0 Å². The van der Waals surface area contributed by atoms with Crippen LogP contribution in [0.25, 0.3) is 11.4 Å². The third-order valence-electron chi connectivity index (χ3n) is 4.24. The van der Waals surface area contributed by atoms with Gasteiger partial charge >= 0.3 is 5.97 Å². The quantitative estimate of drug-likeness (QED) is 0.660. The normalized spacial score (nSPS) is 15.5. The van der Waals surface area contributed by atoms with Crippen LogP contribution in [0.3, 0.4) is 0 Å². The van der Waals surface area contributed by atoms with E-state index in [0.29, 0.717) is 11.8 Å². The Labute approximate surface area is 163 Å². The molecule has 0 aliphatic carbocycles. The van der Waals surface area contributed by atoms with E-state index in [1.807, 2.05) is 48.5 Å². The fourth-order valence-electron chi connectivity index (χ4n) is 2.91. The lowest BCUT2D eigenvalue weighted by molar-refractivity contribution is -0.132. The van der Waals surface area contributed by atoms with Crippen molar-refractivity contribution in [3.05, 3.63) is 70.3 Å². The number of allylic oxidation sites excluding steroid dienone is 1. The molecule has 1 aromatic heterocycles. The molecule has 0 saturated carbocycles. The number of fused-ring (bicyclic) bond motifs is 1. The van der Waals surface area contributed by atoms with Crippen molar-refractivity contribution >= 4 is 27.8 Å². The van der Waals surface area contributed by atoms with Crippen LogP contribution in [0.4, 0.5) is 5.95 Å². The minimum Gasteiger partial charge on any atom is -0.497 e. The van der Waals surface area contributed by atoms with Crippen LogP contribution in [-0.4, -0.2) is 33.0 Å². The maximum absolute atomic E-state index is 11.5. The number of nitrogens with zero attached hydrogens (tertiary/aromatic N) is 3. The van der Waals surface area contributed by atoms with Gasteiger partial charge in [0.25, 0.3) is 0 Å². The fraction of sp³-hybridized carbons (Fsp3) is 0.105. The van der Waals surface area contributed by atoms with Gasteiger partial charge in [0.1, 0.15) is 17.5 Å². The van der Waals surface area contributed by atoms with Crippen molar-refractivity contribution in [3.8, 4) is 17.1 Å². The fourth-order valence-corrected chi connectivity index (χ4v) is 3.31. The summed E-state index contributed by atoms with van der Waals surface area (Å²) < 4.78 is 7.80. The zero-order valence-corrected chi connectivity index (χ0v) is 15.8. The summed E-state index contributed by atoms with van der Waals surface area (Å²) in [6, 6.07) is 14.7. The first-order chi connectivity index (χ1) is 13.0. The molecule has 27 heavy (non-hydrogen) atoms. The number of halogens is 1. The molecule has 3 aromatic rings. The second-order valence-electron chi connectivity index (χ2n) is 5.94. The summed E-state index contributed by atoms with van der Waals surface area (Å²) in [4.78, 5) is 16.0. The predicted molar refractivity (Wildman–Crippen MR) is 104 cm³/mol. The average Bonchev–Trinajstić information content (AvgIpc) is 3.11. The highest BCUT2D eigenvalue weighted by Gasteiger charge is 2.27. The van der Waals surface area contributed by atoms with E-state index in [1.54, 1.807) is 17.9 Å². The van der Waals surface area contributed by atoms with Gasteiger partial charge in [-0.1, -0.05) is 40.2 Å². The molecule has 1 atom stereocenters. The van der Waals surface area contributed by atoms with Gasteiger partial charge in [-0.25, -0.2) is 9.48 Å². The number of carbonyl (C=O) groups is 1. The molecule has 4 rings (SSSR count). The van der Waals surface area contributed by atoms with Gasteiger partial charge in [0, 0.05) is 10.0 Å². The predicted octanol–water partition coefficient (Wildman–Crippen LogP) is 3.70. The molecule has 0 radical (unpaired) electrons. The molecule has 0 fully saturated rings. The number of carboxylic acid groups (broad SMARTS) is 1. The highest BCUT2D eigenvalue weighted by molar-refractivity contribution is 9.10. The molecular formula is C19H15BrN4O3. The number of rotatable bonds is 4. The first kappa shape index (κ1) is 17.3. The van der Waals surface area contributed by atoms with Crippen LogP contribution in [-0.2, 0) is 4.79 Å². The van der Waals surface area contributed by atoms with E-state index in [1.165, 1.54) is 0 Å². The molecule has 2 N–H and O–H groups in total. The maximum Gasteiger partial charge on any atom is 0.352 e. The summed E-state index contributed by atoms with van der Waals surface area (Å²) in [6.07, 6.45) is 1.62. The molecule has 0 saturated heterocycles. The van der Waals surface area contributed by atoms with Crippen LogP contribution in [0.15, 0.2) is 64.8 Å². The first-order valence-corrected chi connectivity index (χ1v) is 8.93. The third kappa shape index (κ3) is 3.31. The Hall–Kier alpha value is -3.13. The second kappa shape index (κ2) is 6.88. The van der Waals surface area contributed by atoms with Crippen molar-refractivity contribution in [3.63, 3.8) is 0 Å². The van der Waals surface area contributed by atoms with E-state index in [4.69, 9.17) is 4.74 Å². The molecule has 8 heteroatoms. The van der Waals surface area contributed by atoms with Crippen LogP contribution in [0.5, 0.6) is 5.75 Å². The zero-order valence-electron chi connectivity index (χ0n) is 14.3. The van der Waals surface area contributed by atoms with E-state index in [-0.39, 0.29) is 5.70 Å². The topological polar surface area (TPSA) is 89.3 Å². The van der Waals surface area contributed by atoms with Gasteiger partial charge in [-0.15, -0.1) is 5.10 Å². The molecule has 2 heterocycles. The van der Waals surface area contributed by atoms with E-state index in [2.05, 4.69) is 31.3 Å². The summed E-state index contributed by atoms with van der Waals surface area (Å²) >= 11 is 3.44. The SMILES string of the molecule is COc1ccc(C2C=C(C(=O)O)Nc3nc(-c4cccc(Br)c4)nn32)cc1. The zero-order chi connectivity index (χ0) is 19.0. The van der Waals surface area contributed by atoms with Crippen molar-refractivity contribution < 1.29 is 14.6 Å². The number of methoxy groups -OCH3 is 1. The highest BCUT2D eigenvalue weighted by atomic mass is 79.9. The number of aliphatic carboxylic acids is 1. The second-order valence-corrected chi connectivity index (χ2v) is 6.86. The Morgan fingerprint density at radius 1 is 1.26 bits per heavy atom. The average molecular weight is 427 g/mol. The van der Waals surface area contributed by atoms with Crippen molar-refractivity contribution in [2.45, 2.75) is 6.04 Å². The number of nitrogens with one attached hydrogen (secondary N) is 1. The number of ether oxygens (including phenoxy) is 1. The monoisotopic (exact) mass is 426 g/mol. The van der Waals surface area contributed by atoms with Crippen molar-refractivity contribution in [1.82, 2.24) is 14.8 Å². The largest absolute Gasteiger partial charge is 0.497 e. The number of aromatic nitrogens is 3. The van der Waals surface area contributed by atoms with Crippen LogP contribution in [0, 0.1) is 0 Å². The number of benzene rings is 2. The number of anilines is 1. The Morgan fingerprint density at radius 2 is 2.04 bits per heavy atom. The first-order valence-electron chi connectivity index (χ1n) is 8.14. The molecule has 136 valence electrons. The minimum atomic E-state index is -1.05. The van der Waals surface area contributed by atoms with Crippen molar-refractivity contribution in [1.29, 1.82) is 0 Å². The summed E-state index contributed by atoms with van der Waals surface area (Å²) in [5.41, 5.74) is 1.78. The van der Waals surface area contributed by atoms with Gasteiger partial charge in [-0.2, -0.15) is 4.98 Å². The lowest BCUT2D eigenvalue weighted by Gasteiger charge is -2.22. The summed E-state index contributed by atoms with van der Waals surface area (Å²) in [7, 11) is 1.60. The molecule has 1 unspecified atom stereocenters. The Bertz CT molecular complexity index is 1040. The summed E-state index contributed by atoms with van der Waals surface area (Å²) in [5.74, 6) is 0.568.